The average Bonchev–Trinajstić information content (AvgIpc) is 2.40. The molecule has 0 bridgehead atoms. The van der Waals surface area contributed by atoms with E-state index in [1.54, 1.807) is 18.3 Å². The molecule has 0 aliphatic heterocycles. The highest BCUT2D eigenvalue weighted by molar-refractivity contribution is 9.10. The van der Waals surface area contributed by atoms with Gasteiger partial charge in [-0.2, -0.15) is 0 Å². The van der Waals surface area contributed by atoms with Gasteiger partial charge in [-0.15, -0.1) is 0 Å². The van der Waals surface area contributed by atoms with Crippen LogP contribution in [-0.2, 0) is 6.54 Å². The number of rotatable bonds is 3. The molecule has 1 aromatic carbocycles. The first-order valence-electron chi connectivity index (χ1n) is 5.75. The Morgan fingerprint density at radius 1 is 1.42 bits per heavy atom. The van der Waals surface area contributed by atoms with Crippen LogP contribution >= 0.6 is 15.9 Å². The highest BCUT2D eigenvalue weighted by Crippen LogP contribution is 2.24. The Bertz CT molecular complexity index is 614. The minimum absolute atomic E-state index is 0.0432. The molecule has 0 radical (unpaired) electrons. The van der Waals surface area contributed by atoms with E-state index in [4.69, 9.17) is 0 Å². The van der Waals surface area contributed by atoms with E-state index in [2.05, 4.69) is 26.2 Å². The first kappa shape index (κ1) is 13.5. The number of aryl methyl sites for hydroxylation is 1. The molecular weight excluding hydrogens is 308 g/mol. The molecule has 1 heterocycles. The summed E-state index contributed by atoms with van der Waals surface area (Å²) >= 11 is 3.17. The monoisotopic (exact) mass is 320 g/mol. The minimum atomic E-state index is -0.243. The number of nitrogens with zero attached hydrogens (tertiary/aromatic N) is 1. The fraction of sp³-hybridized carbons (Fsp3) is 0.143. The van der Waals surface area contributed by atoms with Gasteiger partial charge in [-0.1, -0.05) is 6.07 Å². The third-order valence-electron chi connectivity index (χ3n) is 2.74. The number of carbonyl (C=O) groups excluding carboxylic acids is 1. The molecule has 1 amide bonds. The lowest BCUT2D eigenvalue weighted by molar-refractivity contribution is 0.0950. The number of benzene rings is 1. The van der Waals surface area contributed by atoms with Gasteiger partial charge in [0.2, 0.25) is 0 Å². The van der Waals surface area contributed by atoms with Crippen LogP contribution in [0, 0.1) is 6.92 Å². The minimum Gasteiger partial charge on any atom is -0.507 e. The van der Waals surface area contributed by atoms with E-state index in [9.17, 15) is 9.90 Å². The summed E-state index contributed by atoms with van der Waals surface area (Å²) in [4.78, 5) is 16.1. The summed E-state index contributed by atoms with van der Waals surface area (Å²) in [7, 11) is 0. The predicted molar refractivity (Wildman–Crippen MR) is 76.0 cm³/mol. The Morgan fingerprint density at radius 2 is 2.21 bits per heavy atom. The average molecular weight is 321 g/mol. The van der Waals surface area contributed by atoms with E-state index in [1.807, 2.05) is 19.1 Å². The second-order valence-corrected chi connectivity index (χ2v) is 4.97. The van der Waals surface area contributed by atoms with Crippen LogP contribution in [0.25, 0.3) is 0 Å². The van der Waals surface area contributed by atoms with Crippen LogP contribution < -0.4 is 5.32 Å². The van der Waals surface area contributed by atoms with E-state index in [1.165, 1.54) is 6.07 Å². The quantitative estimate of drug-likeness (QED) is 0.914. The summed E-state index contributed by atoms with van der Waals surface area (Å²) in [6.07, 6.45) is 1.69. The molecule has 2 N–H and O–H groups in total. The second kappa shape index (κ2) is 5.84. The molecule has 0 aliphatic rings. The van der Waals surface area contributed by atoms with Gasteiger partial charge in [0.1, 0.15) is 5.75 Å². The van der Waals surface area contributed by atoms with Gasteiger partial charge < -0.3 is 10.4 Å². The largest absolute Gasteiger partial charge is 0.507 e. The van der Waals surface area contributed by atoms with Gasteiger partial charge in [-0.25, -0.2) is 0 Å². The maximum atomic E-state index is 11.9. The van der Waals surface area contributed by atoms with Crippen LogP contribution in [0.2, 0.25) is 0 Å². The third kappa shape index (κ3) is 3.32. The normalized spacial score (nSPS) is 10.2. The zero-order valence-corrected chi connectivity index (χ0v) is 11.9. The molecule has 0 saturated carbocycles. The molecule has 0 aliphatic carbocycles. The topological polar surface area (TPSA) is 62.2 Å². The highest BCUT2D eigenvalue weighted by atomic mass is 79.9. The predicted octanol–water partition coefficient (Wildman–Crippen LogP) is 2.79. The molecule has 98 valence electrons. The van der Waals surface area contributed by atoms with Gasteiger partial charge in [-0.3, -0.25) is 9.78 Å². The molecule has 4 nitrogen and oxygen atoms in total. The van der Waals surface area contributed by atoms with Crippen molar-refractivity contribution in [2.24, 2.45) is 0 Å². The molecule has 5 heteroatoms. The first-order chi connectivity index (χ1) is 9.08. The van der Waals surface area contributed by atoms with Crippen molar-refractivity contribution < 1.29 is 9.90 Å². The van der Waals surface area contributed by atoms with Gasteiger partial charge in [0.05, 0.1) is 16.7 Å². The molecular formula is C14H13BrN2O2. The number of nitrogens with one attached hydrogen (secondary N) is 1. The molecule has 0 atom stereocenters. The summed E-state index contributed by atoms with van der Waals surface area (Å²) in [5, 5.41) is 12.3. The molecule has 0 fully saturated rings. The number of amides is 1. The lowest BCUT2D eigenvalue weighted by Gasteiger charge is -2.07. The number of halogens is 1. The Morgan fingerprint density at radius 3 is 2.89 bits per heavy atom. The number of phenolic OH excluding ortho intramolecular Hbond substituents is 1. The van der Waals surface area contributed by atoms with Gasteiger partial charge in [0, 0.05) is 11.8 Å². The maximum Gasteiger partial charge on any atom is 0.251 e. The first-order valence-corrected chi connectivity index (χ1v) is 6.54. The fourth-order valence-corrected chi connectivity index (χ4v) is 1.87. The van der Waals surface area contributed by atoms with Crippen molar-refractivity contribution in [3.05, 3.63) is 57.8 Å². The number of phenols is 1. The van der Waals surface area contributed by atoms with Crippen molar-refractivity contribution in [3.63, 3.8) is 0 Å². The molecule has 19 heavy (non-hydrogen) atoms. The number of hydrogen-bond acceptors (Lipinski definition) is 3. The van der Waals surface area contributed by atoms with Gasteiger partial charge >= 0.3 is 0 Å². The van der Waals surface area contributed by atoms with Crippen LogP contribution in [0.15, 0.2) is 41.0 Å². The van der Waals surface area contributed by atoms with Crippen molar-refractivity contribution in [2.45, 2.75) is 13.5 Å². The van der Waals surface area contributed by atoms with E-state index in [-0.39, 0.29) is 11.7 Å². The molecule has 2 rings (SSSR count). The Balaban J connectivity index is 2.05. The third-order valence-corrected chi connectivity index (χ3v) is 3.41. The Kier molecular flexibility index (Phi) is 4.16. The van der Waals surface area contributed by atoms with Crippen LogP contribution in [0.4, 0.5) is 0 Å². The van der Waals surface area contributed by atoms with Crippen LogP contribution in [0.1, 0.15) is 21.6 Å². The lowest BCUT2D eigenvalue weighted by Crippen LogP contribution is -2.23. The van der Waals surface area contributed by atoms with Crippen molar-refractivity contribution in [2.75, 3.05) is 0 Å². The standard InChI is InChI=1S/C14H13BrN2O2/c1-9-3-2-6-16-12(9)8-17-14(19)10-4-5-11(15)13(18)7-10/h2-7,18H,8H2,1H3,(H,17,19). The SMILES string of the molecule is Cc1cccnc1CNC(=O)c1ccc(Br)c(O)c1. The molecule has 0 saturated heterocycles. The van der Waals surface area contributed by atoms with Crippen molar-refractivity contribution in [1.82, 2.24) is 10.3 Å². The van der Waals surface area contributed by atoms with E-state index in [0.717, 1.165) is 11.3 Å². The van der Waals surface area contributed by atoms with Crippen molar-refractivity contribution in [3.8, 4) is 5.75 Å². The second-order valence-electron chi connectivity index (χ2n) is 4.12. The van der Waals surface area contributed by atoms with Crippen molar-refractivity contribution in [1.29, 1.82) is 0 Å². The van der Waals surface area contributed by atoms with Crippen molar-refractivity contribution >= 4 is 21.8 Å². The van der Waals surface area contributed by atoms with Gasteiger partial charge in [0.15, 0.2) is 0 Å². The van der Waals surface area contributed by atoms with E-state index >= 15 is 0 Å². The van der Waals surface area contributed by atoms with Gasteiger partial charge in [0.25, 0.3) is 5.91 Å². The number of hydrogen-bond donors (Lipinski definition) is 2. The molecule has 1 aromatic heterocycles. The Labute approximate surface area is 119 Å². The number of carbonyl (C=O) groups is 1. The lowest BCUT2D eigenvalue weighted by atomic mass is 10.2. The Hall–Kier alpha value is -1.88. The smallest absolute Gasteiger partial charge is 0.251 e. The zero-order valence-electron chi connectivity index (χ0n) is 10.4. The fourth-order valence-electron chi connectivity index (χ4n) is 1.62. The number of aromatic nitrogens is 1. The highest BCUT2D eigenvalue weighted by Gasteiger charge is 2.08. The van der Waals surface area contributed by atoms with Crippen LogP contribution in [-0.4, -0.2) is 16.0 Å². The number of pyridine rings is 1. The van der Waals surface area contributed by atoms with Crippen LogP contribution in [0.3, 0.4) is 0 Å². The molecule has 0 spiro atoms. The summed E-state index contributed by atoms with van der Waals surface area (Å²) in [6, 6.07) is 8.50. The summed E-state index contributed by atoms with van der Waals surface area (Å²) in [5.74, 6) is -0.200. The maximum absolute atomic E-state index is 11.9. The summed E-state index contributed by atoms with van der Waals surface area (Å²) in [5.41, 5.74) is 2.27. The van der Waals surface area contributed by atoms with E-state index in [0.29, 0.717) is 16.6 Å². The molecule has 0 unspecified atom stereocenters. The summed E-state index contributed by atoms with van der Waals surface area (Å²) in [6.45, 7) is 2.31. The van der Waals surface area contributed by atoms with Crippen LogP contribution in [0.5, 0.6) is 5.75 Å². The zero-order chi connectivity index (χ0) is 13.8. The summed E-state index contributed by atoms with van der Waals surface area (Å²) < 4.78 is 0.560. The van der Waals surface area contributed by atoms with E-state index < -0.39 is 0 Å². The molecule has 2 aromatic rings. The van der Waals surface area contributed by atoms with Gasteiger partial charge in [-0.05, 0) is 52.7 Å². The number of aromatic hydroxyl groups is 1.